The van der Waals surface area contributed by atoms with Gasteiger partial charge in [0.1, 0.15) is 6.20 Å². The number of nitrogens with zero attached hydrogens (tertiary/aromatic N) is 3. The monoisotopic (exact) mass is 269 g/mol. The van der Waals surface area contributed by atoms with Gasteiger partial charge in [0.05, 0.1) is 4.92 Å². The molecule has 1 unspecified atom stereocenters. The molecule has 1 aliphatic rings. The Bertz CT molecular complexity index is 436. The maximum absolute atomic E-state index is 10.9. The van der Waals surface area contributed by atoms with Crippen LogP contribution in [-0.2, 0) is 0 Å². The highest BCUT2D eigenvalue weighted by molar-refractivity contribution is 7.99. The lowest BCUT2D eigenvalue weighted by Crippen LogP contribution is -2.16. The van der Waals surface area contributed by atoms with Gasteiger partial charge in [0.2, 0.25) is 11.8 Å². The molecule has 7 nitrogen and oxygen atoms in total. The van der Waals surface area contributed by atoms with Crippen molar-refractivity contribution in [3.8, 4) is 0 Å². The van der Waals surface area contributed by atoms with Crippen LogP contribution < -0.4 is 10.6 Å². The predicted molar refractivity (Wildman–Crippen MR) is 72.2 cm³/mol. The summed E-state index contributed by atoms with van der Waals surface area (Å²) in [4.78, 5) is 18.4. The summed E-state index contributed by atoms with van der Waals surface area (Å²) < 4.78 is 0. The molecule has 0 aromatic carbocycles. The zero-order chi connectivity index (χ0) is 13.0. The number of hydrogen-bond acceptors (Lipinski definition) is 7. The van der Waals surface area contributed by atoms with E-state index in [0.29, 0.717) is 18.4 Å². The van der Waals surface area contributed by atoms with Crippen molar-refractivity contribution in [1.82, 2.24) is 9.97 Å². The van der Waals surface area contributed by atoms with Crippen LogP contribution in [0.2, 0.25) is 0 Å². The topological polar surface area (TPSA) is 93.0 Å². The molecule has 1 aliphatic heterocycles. The lowest BCUT2D eigenvalue weighted by Gasteiger charge is -2.11. The van der Waals surface area contributed by atoms with Crippen LogP contribution in [0.15, 0.2) is 6.20 Å². The second-order valence-corrected chi connectivity index (χ2v) is 5.19. The van der Waals surface area contributed by atoms with Crippen molar-refractivity contribution in [3.05, 3.63) is 16.3 Å². The van der Waals surface area contributed by atoms with Gasteiger partial charge in [0.25, 0.3) is 0 Å². The molecule has 18 heavy (non-hydrogen) atoms. The summed E-state index contributed by atoms with van der Waals surface area (Å²) in [7, 11) is 1.68. The van der Waals surface area contributed by atoms with Gasteiger partial charge >= 0.3 is 5.69 Å². The van der Waals surface area contributed by atoms with Crippen molar-refractivity contribution in [2.75, 3.05) is 35.7 Å². The Balaban J connectivity index is 2.10. The third-order valence-corrected chi connectivity index (χ3v) is 4.00. The molecule has 1 aromatic rings. The predicted octanol–water partition coefficient (Wildman–Crippen LogP) is 1.59. The van der Waals surface area contributed by atoms with Crippen LogP contribution in [0, 0.1) is 16.0 Å². The average molecular weight is 269 g/mol. The first kappa shape index (κ1) is 12.9. The lowest BCUT2D eigenvalue weighted by molar-refractivity contribution is -0.384. The largest absolute Gasteiger partial charge is 0.364 e. The molecular formula is C10H15N5O2S. The second-order valence-electron chi connectivity index (χ2n) is 4.05. The van der Waals surface area contributed by atoms with E-state index in [4.69, 9.17) is 0 Å². The van der Waals surface area contributed by atoms with Crippen LogP contribution in [0.25, 0.3) is 0 Å². The highest BCUT2D eigenvalue weighted by Gasteiger charge is 2.20. The van der Waals surface area contributed by atoms with Crippen LogP contribution in [0.1, 0.15) is 6.42 Å². The highest BCUT2D eigenvalue weighted by Crippen LogP contribution is 2.26. The first-order chi connectivity index (χ1) is 8.70. The molecule has 1 aromatic heterocycles. The zero-order valence-corrected chi connectivity index (χ0v) is 10.9. The number of rotatable bonds is 5. The highest BCUT2D eigenvalue weighted by atomic mass is 32.2. The van der Waals surface area contributed by atoms with Crippen molar-refractivity contribution in [1.29, 1.82) is 0 Å². The van der Waals surface area contributed by atoms with Gasteiger partial charge in [0.15, 0.2) is 0 Å². The van der Waals surface area contributed by atoms with Crippen LogP contribution in [-0.4, -0.2) is 40.0 Å². The molecule has 0 aliphatic carbocycles. The van der Waals surface area contributed by atoms with E-state index in [9.17, 15) is 10.1 Å². The van der Waals surface area contributed by atoms with E-state index in [1.807, 2.05) is 11.8 Å². The Morgan fingerprint density at radius 3 is 3.11 bits per heavy atom. The molecule has 0 saturated carbocycles. The van der Waals surface area contributed by atoms with Gasteiger partial charge in [-0.2, -0.15) is 16.7 Å². The molecule has 0 spiro atoms. The molecule has 1 fully saturated rings. The standard InChI is InChI=1S/C10H15N5O2S/c1-11-10-13-5-8(15(16)17)9(14-10)12-4-7-2-3-18-6-7/h5,7H,2-4,6H2,1H3,(H2,11,12,13,14). The van der Waals surface area contributed by atoms with Gasteiger partial charge in [0, 0.05) is 13.6 Å². The first-order valence-electron chi connectivity index (χ1n) is 5.71. The van der Waals surface area contributed by atoms with Gasteiger partial charge in [-0.15, -0.1) is 0 Å². The van der Waals surface area contributed by atoms with Crippen molar-refractivity contribution < 1.29 is 4.92 Å². The maximum atomic E-state index is 10.9. The molecule has 2 N–H and O–H groups in total. The Hall–Kier alpha value is -1.57. The van der Waals surface area contributed by atoms with Crippen LogP contribution in [0.4, 0.5) is 17.5 Å². The van der Waals surface area contributed by atoms with Crippen molar-refractivity contribution in [2.24, 2.45) is 5.92 Å². The van der Waals surface area contributed by atoms with Crippen LogP contribution >= 0.6 is 11.8 Å². The smallest absolute Gasteiger partial charge is 0.329 e. The fourth-order valence-electron chi connectivity index (χ4n) is 1.74. The molecular weight excluding hydrogens is 254 g/mol. The maximum Gasteiger partial charge on any atom is 0.329 e. The Morgan fingerprint density at radius 2 is 2.50 bits per heavy atom. The molecule has 0 bridgehead atoms. The summed E-state index contributed by atoms with van der Waals surface area (Å²) >= 11 is 1.92. The summed E-state index contributed by atoms with van der Waals surface area (Å²) in [6.07, 6.45) is 2.37. The van der Waals surface area contributed by atoms with E-state index in [2.05, 4.69) is 20.6 Å². The minimum absolute atomic E-state index is 0.0837. The van der Waals surface area contributed by atoms with Gasteiger partial charge < -0.3 is 10.6 Å². The van der Waals surface area contributed by atoms with E-state index in [0.717, 1.165) is 12.2 Å². The molecule has 0 amide bonds. The molecule has 8 heteroatoms. The Labute approximate surface area is 109 Å². The SMILES string of the molecule is CNc1ncc([N+](=O)[O-])c(NCC2CCSC2)n1. The average Bonchev–Trinajstić information content (AvgIpc) is 2.88. The zero-order valence-electron chi connectivity index (χ0n) is 10.0. The van der Waals surface area contributed by atoms with Crippen molar-refractivity contribution in [3.63, 3.8) is 0 Å². The van der Waals surface area contributed by atoms with E-state index in [1.165, 1.54) is 11.9 Å². The molecule has 2 heterocycles. The third kappa shape index (κ3) is 3.00. The van der Waals surface area contributed by atoms with E-state index >= 15 is 0 Å². The molecule has 98 valence electrons. The van der Waals surface area contributed by atoms with Gasteiger partial charge in [-0.05, 0) is 23.8 Å². The van der Waals surface area contributed by atoms with Crippen LogP contribution in [0.3, 0.4) is 0 Å². The lowest BCUT2D eigenvalue weighted by atomic mass is 10.1. The quantitative estimate of drug-likeness (QED) is 0.619. The molecule has 1 atom stereocenters. The van der Waals surface area contributed by atoms with Crippen molar-refractivity contribution >= 4 is 29.2 Å². The fraction of sp³-hybridized carbons (Fsp3) is 0.600. The third-order valence-electron chi connectivity index (χ3n) is 2.77. The summed E-state index contributed by atoms with van der Waals surface area (Å²) in [5.41, 5.74) is -0.0837. The normalized spacial score (nSPS) is 18.6. The number of hydrogen-bond donors (Lipinski definition) is 2. The summed E-state index contributed by atoms with van der Waals surface area (Å²) in [5, 5.41) is 16.7. The van der Waals surface area contributed by atoms with Gasteiger partial charge in [-0.3, -0.25) is 10.1 Å². The number of anilines is 2. The fourth-order valence-corrected chi connectivity index (χ4v) is 3.03. The van der Waals surface area contributed by atoms with Gasteiger partial charge in [-0.1, -0.05) is 0 Å². The second kappa shape index (κ2) is 5.85. The minimum atomic E-state index is -0.467. The minimum Gasteiger partial charge on any atom is -0.364 e. The molecule has 2 rings (SSSR count). The van der Waals surface area contributed by atoms with Crippen molar-refractivity contribution in [2.45, 2.75) is 6.42 Å². The number of nitro groups is 1. The summed E-state index contributed by atoms with van der Waals surface area (Å²) in [6, 6.07) is 0. The van der Waals surface area contributed by atoms with E-state index in [-0.39, 0.29) is 11.5 Å². The van der Waals surface area contributed by atoms with E-state index < -0.39 is 4.92 Å². The number of nitrogens with one attached hydrogen (secondary N) is 2. The van der Waals surface area contributed by atoms with Gasteiger partial charge in [-0.25, -0.2) is 4.98 Å². The Kier molecular flexibility index (Phi) is 4.19. The van der Waals surface area contributed by atoms with Crippen LogP contribution in [0.5, 0.6) is 0 Å². The number of aromatic nitrogens is 2. The summed E-state index contributed by atoms with van der Waals surface area (Å²) in [5.74, 6) is 3.49. The Morgan fingerprint density at radius 1 is 1.67 bits per heavy atom. The number of thioether (sulfide) groups is 1. The first-order valence-corrected chi connectivity index (χ1v) is 6.87. The summed E-state index contributed by atoms with van der Waals surface area (Å²) in [6.45, 7) is 0.716. The molecule has 0 radical (unpaired) electrons. The van der Waals surface area contributed by atoms with E-state index in [1.54, 1.807) is 7.05 Å². The molecule has 1 saturated heterocycles.